The Hall–Kier alpha value is -1.52. The Balaban J connectivity index is 2.58. The predicted octanol–water partition coefficient (Wildman–Crippen LogP) is 3.48. The molecule has 1 atom stereocenters. The van der Waals surface area contributed by atoms with Crippen LogP contribution >= 0.6 is 23.2 Å². The van der Waals surface area contributed by atoms with E-state index in [2.05, 4.69) is 5.32 Å². The fraction of sp³-hybridized carbons (Fsp3) is 0.333. The molecule has 2 N–H and O–H groups in total. The Morgan fingerprint density at radius 1 is 1.29 bits per heavy atom. The molecular weight excluding hydrogens is 313 g/mol. The number of aliphatic carboxylic acids is 1. The summed E-state index contributed by atoms with van der Waals surface area (Å²) in [5, 5.41) is 12.5. The van der Waals surface area contributed by atoms with Gasteiger partial charge in [0.1, 0.15) is 0 Å². The van der Waals surface area contributed by atoms with Crippen LogP contribution in [0.1, 0.15) is 19.4 Å². The number of hydrogen-bond donors (Lipinski definition) is 2. The summed E-state index contributed by atoms with van der Waals surface area (Å²) in [6, 6.07) is 5.01. The lowest BCUT2D eigenvalue weighted by Gasteiger charge is -2.15. The van der Waals surface area contributed by atoms with E-state index in [0.717, 1.165) is 5.56 Å². The molecular formula is C15H17Cl2NO3. The zero-order valence-electron chi connectivity index (χ0n) is 11.8. The molecule has 0 spiro atoms. The van der Waals surface area contributed by atoms with Crippen molar-refractivity contribution >= 4 is 41.2 Å². The van der Waals surface area contributed by atoms with Gasteiger partial charge in [0.15, 0.2) is 0 Å². The monoisotopic (exact) mass is 329 g/mol. The summed E-state index contributed by atoms with van der Waals surface area (Å²) < 4.78 is 0. The van der Waals surface area contributed by atoms with Crippen LogP contribution in [0.2, 0.25) is 10.0 Å². The number of rotatable bonds is 6. The van der Waals surface area contributed by atoms with Gasteiger partial charge in [0.05, 0.1) is 16.0 Å². The Morgan fingerprint density at radius 2 is 1.95 bits per heavy atom. The van der Waals surface area contributed by atoms with E-state index in [0.29, 0.717) is 10.0 Å². The molecule has 0 saturated heterocycles. The second-order valence-electron chi connectivity index (χ2n) is 4.94. The Morgan fingerprint density at radius 3 is 2.48 bits per heavy atom. The zero-order chi connectivity index (χ0) is 16.0. The van der Waals surface area contributed by atoms with Crippen LogP contribution in [-0.2, 0) is 9.59 Å². The van der Waals surface area contributed by atoms with Gasteiger partial charge in [-0.25, -0.2) is 0 Å². The number of nitrogens with one attached hydrogen (secondary N) is 1. The molecule has 0 aromatic heterocycles. The van der Waals surface area contributed by atoms with Crippen molar-refractivity contribution in [2.24, 2.45) is 11.8 Å². The number of hydrogen-bond acceptors (Lipinski definition) is 2. The molecule has 114 valence electrons. The van der Waals surface area contributed by atoms with Crippen molar-refractivity contribution in [1.82, 2.24) is 5.32 Å². The van der Waals surface area contributed by atoms with Crippen molar-refractivity contribution in [1.29, 1.82) is 0 Å². The average Bonchev–Trinajstić information content (AvgIpc) is 2.39. The predicted molar refractivity (Wildman–Crippen MR) is 84.5 cm³/mol. The lowest BCUT2D eigenvalue weighted by molar-refractivity contribution is -0.143. The van der Waals surface area contributed by atoms with Crippen LogP contribution in [-0.4, -0.2) is 23.5 Å². The van der Waals surface area contributed by atoms with E-state index in [9.17, 15) is 9.59 Å². The maximum absolute atomic E-state index is 11.7. The summed E-state index contributed by atoms with van der Waals surface area (Å²) in [6.07, 6.45) is 2.92. The van der Waals surface area contributed by atoms with Crippen LogP contribution < -0.4 is 5.32 Å². The highest BCUT2D eigenvalue weighted by Gasteiger charge is 2.21. The molecule has 0 aliphatic heterocycles. The summed E-state index contributed by atoms with van der Waals surface area (Å²) >= 11 is 11.7. The number of benzene rings is 1. The highest BCUT2D eigenvalue weighted by atomic mass is 35.5. The van der Waals surface area contributed by atoms with Gasteiger partial charge in [0.25, 0.3) is 0 Å². The zero-order valence-corrected chi connectivity index (χ0v) is 13.3. The minimum Gasteiger partial charge on any atom is -0.481 e. The first kappa shape index (κ1) is 17.5. The van der Waals surface area contributed by atoms with Crippen LogP contribution in [0.4, 0.5) is 0 Å². The van der Waals surface area contributed by atoms with Crippen molar-refractivity contribution in [2.75, 3.05) is 6.54 Å². The van der Waals surface area contributed by atoms with Crippen molar-refractivity contribution < 1.29 is 14.7 Å². The van der Waals surface area contributed by atoms with E-state index in [1.54, 1.807) is 38.1 Å². The minimum atomic E-state index is -0.918. The Kier molecular flexibility index (Phi) is 6.72. The number of carboxylic acids is 1. The van der Waals surface area contributed by atoms with Gasteiger partial charge in [0.2, 0.25) is 5.91 Å². The first-order valence-electron chi connectivity index (χ1n) is 6.45. The quantitative estimate of drug-likeness (QED) is 0.785. The molecule has 0 saturated carbocycles. The number of carboxylic acid groups (broad SMARTS) is 1. The third-order valence-electron chi connectivity index (χ3n) is 2.99. The lowest BCUT2D eigenvalue weighted by Crippen LogP contribution is -2.34. The van der Waals surface area contributed by atoms with Gasteiger partial charge in [-0.05, 0) is 29.7 Å². The van der Waals surface area contributed by atoms with E-state index in [-0.39, 0.29) is 18.4 Å². The second-order valence-corrected chi connectivity index (χ2v) is 5.76. The Labute approximate surface area is 133 Å². The average molecular weight is 330 g/mol. The summed E-state index contributed by atoms with van der Waals surface area (Å²) in [5.41, 5.74) is 0.734. The molecule has 6 heteroatoms. The molecule has 0 radical (unpaired) electrons. The first-order chi connectivity index (χ1) is 9.81. The molecule has 1 unspecified atom stereocenters. The lowest BCUT2D eigenvalue weighted by atomic mass is 9.96. The largest absolute Gasteiger partial charge is 0.481 e. The number of amides is 1. The topological polar surface area (TPSA) is 66.4 Å². The van der Waals surface area contributed by atoms with Crippen molar-refractivity contribution in [3.63, 3.8) is 0 Å². The molecule has 1 aromatic carbocycles. The molecule has 0 aliphatic rings. The van der Waals surface area contributed by atoms with Gasteiger partial charge >= 0.3 is 5.97 Å². The van der Waals surface area contributed by atoms with Crippen LogP contribution in [0, 0.1) is 11.8 Å². The summed E-state index contributed by atoms with van der Waals surface area (Å²) in [7, 11) is 0. The summed E-state index contributed by atoms with van der Waals surface area (Å²) in [4.78, 5) is 22.7. The minimum absolute atomic E-state index is 0.0538. The summed E-state index contributed by atoms with van der Waals surface area (Å²) in [5.74, 6) is -1.93. The van der Waals surface area contributed by atoms with Gasteiger partial charge < -0.3 is 10.4 Å². The first-order valence-corrected chi connectivity index (χ1v) is 7.20. The molecule has 0 aliphatic carbocycles. The molecule has 21 heavy (non-hydrogen) atoms. The number of carbonyl (C=O) groups is 2. The second kappa shape index (κ2) is 8.05. The van der Waals surface area contributed by atoms with Crippen molar-refractivity contribution in [3.05, 3.63) is 39.9 Å². The molecule has 1 rings (SSSR count). The molecule has 1 aromatic rings. The number of halogens is 2. The Bertz CT molecular complexity index is 556. The molecule has 0 bridgehead atoms. The maximum atomic E-state index is 11.7. The van der Waals surface area contributed by atoms with Gasteiger partial charge in [-0.2, -0.15) is 0 Å². The van der Waals surface area contributed by atoms with Gasteiger partial charge in [-0.1, -0.05) is 43.1 Å². The van der Waals surface area contributed by atoms with Gasteiger partial charge in [-0.3, -0.25) is 9.59 Å². The van der Waals surface area contributed by atoms with Crippen molar-refractivity contribution in [3.8, 4) is 0 Å². The third-order valence-corrected chi connectivity index (χ3v) is 3.73. The maximum Gasteiger partial charge on any atom is 0.308 e. The van der Waals surface area contributed by atoms with Gasteiger partial charge in [-0.15, -0.1) is 0 Å². The van der Waals surface area contributed by atoms with Crippen LogP contribution in [0.5, 0.6) is 0 Å². The van der Waals surface area contributed by atoms with E-state index >= 15 is 0 Å². The molecule has 0 fully saturated rings. The van der Waals surface area contributed by atoms with E-state index in [1.165, 1.54) is 6.08 Å². The van der Waals surface area contributed by atoms with Crippen LogP contribution in [0.15, 0.2) is 24.3 Å². The highest BCUT2D eigenvalue weighted by Crippen LogP contribution is 2.23. The third kappa shape index (κ3) is 5.78. The van der Waals surface area contributed by atoms with E-state index in [1.807, 2.05) is 0 Å². The smallest absolute Gasteiger partial charge is 0.308 e. The van der Waals surface area contributed by atoms with Crippen LogP contribution in [0.25, 0.3) is 6.08 Å². The molecule has 0 heterocycles. The fourth-order valence-corrected chi connectivity index (χ4v) is 1.97. The highest BCUT2D eigenvalue weighted by molar-refractivity contribution is 6.42. The van der Waals surface area contributed by atoms with Crippen molar-refractivity contribution in [2.45, 2.75) is 13.8 Å². The molecule has 1 amide bonds. The van der Waals surface area contributed by atoms with Gasteiger partial charge in [0, 0.05) is 12.6 Å². The normalized spacial score (nSPS) is 12.6. The standard InChI is InChI=1S/C15H17Cl2NO3/c1-9(2)11(15(20)21)8-18-14(19)6-4-10-3-5-12(16)13(17)7-10/h3-7,9,11H,8H2,1-2H3,(H,18,19)(H,20,21). The summed E-state index contributed by atoms with van der Waals surface area (Å²) in [6.45, 7) is 3.70. The van der Waals surface area contributed by atoms with E-state index < -0.39 is 11.9 Å². The van der Waals surface area contributed by atoms with E-state index in [4.69, 9.17) is 28.3 Å². The number of carbonyl (C=O) groups excluding carboxylic acids is 1. The van der Waals surface area contributed by atoms with Crippen LogP contribution in [0.3, 0.4) is 0 Å². The SMILES string of the molecule is CC(C)C(CNC(=O)C=Cc1ccc(Cl)c(Cl)c1)C(=O)O. The molecule has 4 nitrogen and oxygen atoms in total. The fourth-order valence-electron chi connectivity index (χ4n) is 1.67.